The smallest absolute Gasteiger partial charge is 0.270 e. The first-order valence-electron chi connectivity index (χ1n) is 6.34. The first-order chi connectivity index (χ1) is 8.84. The number of rotatable bonds is 4. The van der Waals surface area contributed by atoms with Gasteiger partial charge in [-0.25, -0.2) is 13.6 Å². The van der Waals surface area contributed by atoms with Crippen molar-refractivity contribution in [2.24, 2.45) is 5.14 Å². The van der Waals surface area contributed by atoms with Crippen LogP contribution in [0.3, 0.4) is 0 Å². The summed E-state index contributed by atoms with van der Waals surface area (Å²) in [6, 6.07) is 1.63. The number of carbonyl (C=O) groups is 1. The van der Waals surface area contributed by atoms with E-state index in [0.717, 1.165) is 19.3 Å². The molecule has 106 valence electrons. The average Bonchev–Trinajstić information content (AvgIpc) is 2.68. The molecule has 1 aliphatic rings. The largest absolute Gasteiger partial charge is 0.342 e. The third-order valence-corrected chi connectivity index (χ3v) is 4.58. The molecule has 0 unspecified atom stereocenters. The molecule has 0 saturated heterocycles. The van der Waals surface area contributed by atoms with Gasteiger partial charge >= 0.3 is 0 Å². The molecule has 1 aliphatic carbocycles. The summed E-state index contributed by atoms with van der Waals surface area (Å²) in [6.45, 7) is 2.38. The summed E-state index contributed by atoms with van der Waals surface area (Å²) in [7, 11) is -2.02. The predicted molar refractivity (Wildman–Crippen MR) is 71.2 cm³/mol. The summed E-state index contributed by atoms with van der Waals surface area (Å²) >= 11 is 0. The Kier molecular flexibility index (Phi) is 3.69. The number of nitrogens with zero attached hydrogens (tertiary/aromatic N) is 2. The van der Waals surface area contributed by atoms with E-state index < -0.39 is 10.0 Å². The van der Waals surface area contributed by atoms with Crippen LogP contribution in [0, 0.1) is 0 Å². The first-order valence-corrected chi connectivity index (χ1v) is 7.89. The number of hydrogen-bond donors (Lipinski definition) is 1. The van der Waals surface area contributed by atoms with Crippen molar-refractivity contribution in [2.75, 3.05) is 7.05 Å². The Hall–Kier alpha value is -1.34. The number of sulfonamides is 1. The molecule has 0 radical (unpaired) electrons. The number of aryl methyl sites for hydroxylation is 1. The highest BCUT2D eigenvalue weighted by Gasteiger charge is 2.28. The van der Waals surface area contributed by atoms with Crippen LogP contribution in [-0.2, 0) is 16.6 Å². The van der Waals surface area contributed by atoms with E-state index in [1.807, 2.05) is 6.92 Å². The molecule has 1 fully saturated rings. The maximum Gasteiger partial charge on any atom is 0.270 e. The molecule has 1 aromatic heterocycles. The lowest BCUT2D eigenvalue weighted by molar-refractivity contribution is 0.0641. The lowest BCUT2D eigenvalue weighted by Gasteiger charge is -2.34. The van der Waals surface area contributed by atoms with E-state index in [2.05, 4.69) is 0 Å². The van der Waals surface area contributed by atoms with Gasteiger partial charge in [0.15, 0.2) is 0 Å². The molecule has 1 saturated carbocycles. The molecule has 0 bridgehead atoms. The van der Waals surface area contributed by atoms with Crippen molar-refractivity contribution in [1.82, 2.24) is 9.47 Å². The topological polar surface area (TPSA) is 85.4 Å². The number of aromatic nitrogens is 1. The molecule has 1 heterocycles. The Morgan fingerprint density at radius 1 is 1.53 bits per heavy atom. The number of carbonyl (C=O) groups excluding carboxylic acids is 1. The van der Waals surface area contributed by atoms with Gasteiger partial charge in [-0.2, -0.15) is 0 Å². The van der Waals surface area contributed by atoms with Gasteiger partial charge in [0.25, 0.3) is 5.91 Å². The number of amides is 1. The Morgan fingerprint density at radius 2 is 2.16 bits per heavy atom. The van der Waals surface area contributed by atoms with Gasteiger partial charge in [0.1, 0.15) is 10.6 Å². The number of primary sulfonamides is 1. The van der Waals surface area contributed by atoms with Crippen molar-refractivity contribution in [3.8, 4) is 0 Å². The fraction of sp³-hybridized carbons (Fsp3) is 0.583. The highest BCUT2D eigenvalue weighted by molar-refractivity contribution is 7.89. The summed E-state index contributed by atoms with van der Waals surface area (Å²) < 4.78 is 24.3. The van der Waals surface area contributed by atoms with Gasteiger partial charge < -0.3 is 9.47 Å². The lowest BCUT2D eigenvalue weighted by atomic mass is 9.92. The standard InChI is InChI=1S/C12H19N3O3S/c1-3-15-8-10(19(13,17)18)7-11(15)12(16)14(2)9-5-4-6-9/h7-9H,3-6H2,1-2H3,(H2,13,17,18). The molecule has 2 N–H and O–H groups in total. The molecule has 6 nitrogen and oxygen atoms in total. The molecule has 0 spiro atoms. The molecule has 1 aromatic rings. The second-order valence-electron chi connectivity index (χ2n) is 4.89. The quantitative estimate of drug-likeness (QED) is 0.887. The summed E-state index contributed by atoms with van der Waals surface area (Å²) in [4.78, 5) is 14.0. The Balaban J connectivity index is 2.32. The van der Waals surface area contributed by atoms with Gasteiger partial charge in [0.2, 0.25) is 10.0 Å². The highest BCUT2D eigenvalue weighted by atomic mass is 32.2. The van der Waals surface area contributed by atoms with E-state index in [9.17, 15) is 13.2 Å². The average molecular weight is 285 g/mol. The van der Waals surface area contributed by atoms with E-state index in [0.29, 0.717) is 12.2 Å². The van der Waals surface area contributed by atoms with Gasteiger partial charge in [-0.1, -0.05) is 0 Å². The van der Waals surface area contributed by atoms with Gasteiger partial charge in [0, 0.05) is 25.8 Å². The van der Waals surface area contributed by atoms with Crippen LogP contribution >= 0.6 is 0 Å². The van der Waals surface area contributed by atoms with Crippen LogP contribution in [0.25, 0.3) is 0 Å². The SMILES string of the molecule is CCn1cc(S(N)(=O)=O)cc1C(=O)N(C)C1CCC1. The molecule has 0 aliphatic heterocycles. The molecular formula is C12H19N3O3S. The second kappa shape index (κ2) is 4.97. The van der Waals surface area contributed by atoms with Gasteiger partial charge in [-0.3, -0.25) is 4.79 Å². The summed E-state index contributed by atoms with van der Waals surface area (Å²) in [5.74, 6) is -0.151. The van der Waals surface area contributed by atoms with Crippen LogP contribution in [0.4, 0.5) is 0 Å². The van der Waals surface area contributed by atoms with Crippen molar-refractivity contribution in [2.45, 2.75) is 43.7 Å². The summed E-state index contributed by atoms with van der Waals surface area (Å²) in [5, 5.41) is 5.10. The minimum absolute atomic E-state index is 0.0142. The Labute approximate surface area is 113 Å². The van der Waals surface area contributed by atoms with Crippen molar-refractivity contribution < 1.29 is 13.2 Å². The van der Waals surface area contributed by atoms with E-state index in [4.69, 9.17) is 5.14 Å². The van der Waals surface area contributed by atoms with Crippen LogP contribution in [0.1, 0.15) is 36.7 Å². The number of nitrogens with two attached hydrogens (primary N) is 1. The zero-order valence-corrected chi connectivity index (χ0v) is 12.0. The minimum Gasteiger partial charge on any atom is -0.342 e. The van der Waals surface area contributed by atoms with Crippen molar-refractivity contribution in [3.05, 3.63) is 18.0 Å². The Morgan fingerprint density at radius 3 is 2.58 bits per heavy atom. The van der Waals surface area contributed by atoms with Crippen molar-refractivity contribution in [3.63, 3.8) is 0 Å². The Bertz CT molecular complexity index is 587. The van der Waals surface area contributed by atoms with Crippen LogP contribution in [0.5, 0.6) is 0 Å². The van der Waals surface area contributed by atoms with E-state index in [-0.39, 0.29) is 16.8 Å². The van der Waals surface area contributed by atoms with E-state index >= 15 is 0 Å². The maximum atomic E-state index is 12.4. The van der Waals surface area contributed by atoms with Gasteiger partial charge in [-0.15, -0.1) is 0 Å². The number of hydrogen-bond acceptors (Lipinski definition) is 3. The van der Waals surface area contributed by atoms with Crippen LogP contribution in [0.15, 0.2) is 17.2 Å². The second-order valence-corrected chi connectivity index (χ2v) is 6.45. The van der Waals surface area contributed by atoms with Crippen LogP contribution in [-0.4, -0.2) is 36.9 Å². The van der Waals surface area contributed by atoms with Crippen molar-refractivity contribution >= 4 is 15.9 Å². The zero-order valence-electron chi connectivity index (χ0n) is 11.2. The molecule has 0 atom stereocenters. The highest BCUT2D eigenvalue weighted by Crippen LogP contribution is 2.25. The van der Waals surface area contributed by atoms with Gasteiger partial charge in [0.05, 0.1) is 0 Å². The van der Waals surface area contributed by atoms with E-state index in [1.54, 1.807) is 16.5 Å². The van der Waals surface area contributed by atoms with Crippen molar-refractivity contribution in [1.29, 1.82) is 0 Å². The molecule has 7 heteroatoms. The molecule has 1 amide bonds. The fourth-order valence-corrected chi connectivity index (χ4v) is 2.75. The third-order valence-electron chi connectivity index (χ3n) is 3.70. The van der Waals surface area contributed by atoms with Gasteiger partial charge in [-0.05, 0) is 32.3 Å². The molecule has 0 aromatic carbocycles. The van der Waals surface area contributed by atoms with Crippen LogP contribution in [0.2, 0.25) is 0 Å². The summed E-state index contributed by atoms with van der Waals surface area (Å²) in [5.41, 5.74) is 0.376. The fourth-order valence-electron chi connectivity index (χ4n) is 2.20. The maximum absolute atomic E-state index is 12.4. The third kappa shape index (κ3) is 2.66. The predicted octanol–water partition coefficient (Wildman–Crippen LogP) is 0.780. The normalized spacial score (nSPS) is 16.2. The molecule has 2 rings (SSSR count). The van der Waals surface area contributed by atoms with Crippen LogP contribution < -0.4 is 5.14 Å². The molecular weight excluding hydrogens is 266 g/mol. The zero-order chi connectivity index (χ0) is 14.2. The van der Waals surface area contributed by atoms with E-state index in [1.165, 1.54) is 12.3 Å². The molecule has 19 heavy (non-hydrogen) atoms. The minimum atomic E-state index is -3.78. The monoisotopic (exact) mass is 285 g/mol. The lowest BCUT2D eigenvalue weighted by Crippen LogP contribution is -2.41. The first kappa shape index (κ1) is 14.1. The summed E-state index contributed by atoms with van der Waals surface area (Å²) in [6.07, 6.45) is 4.57.